The third kappa shape index (κ3) is 11.5. The molecular weight excluding hydrogens is 783 g/mol. The van der Waals surface area contributed by atoms with E-state index >= 15 is 0 Å². The van der Waals surface area contributed by atoms with Gasteiger partial charge in [0.05, 0.1) is 12.7 Å². The van der Waals surface area contributed by atoms with Gasteiger partial charge in [0, 0.05) is 6.42 Å². The van der Waals surface area contributed by atoms with Crippen LogP contribution in [-0.4, -0.2) is 106 Å². The average molecular weight is 818 g/mol. The van der Waals surface area contributed by atoms with Crippen LogP contribution < -0.4 is 34.5 Å². The minimum absolute atomic E-state index is 0. The van der Waals surface area contributed by atoms with Gasteiger partial charge in [-0.05, 0) is 12.8 Å². The standard InChI is InChI=1S/C25H36F15O9P.Na/c1-2-3-4-5-6-7-8-9-13(49-50(45,46)47-12-14-15(41)16(42)17(43)18(44)48-14)10-11-19(26,27)20(28,29)21(30,31)22(32,33)23(34,35)24(36,37)25(38,39)40;/h13-18,41-44H,2-12H2,1H3,(H,45,46);/q;+1/p-1/t13?,14?,15-,16+,17?,18?;/m1./s1. The van der Waals surface area contributed by atoms with Gasteiger partial charge in [0.1, 0.15) is 24.4 Å². The quantitative estimate of drug-likeness (QED) is 0.0595. The molecule has 0 aliphatic carbocycles. The van der Waals surface area contributed by atoms with Crippen molar-refractivity contribution in [2.24, 2.45) is 0 Å². The molecular formula is C25H35F15NaO9P. The van der Waals surface area contributed by atoms with Gasteiger partial charge in [-0.15, -0.1) is 0 Å². The predicted molar refractivity (Wildman–Crippen MR) is 135 cm³/mol. The molecule has 0 amide bonds. The van der Waals surface area contributed by atoms with Crippen LogP contribution in [0, 0.1) is 0 Å². The van der Waals surface area contributed by atoms with Crippen LogP contribution in [0.5, 0.6) is 0 Å². The van der Waals surface area contributed by atoms with Gasteiger partial charge in [-0.25, -0.2) is 0 Å². The number of rotatable bonds is 21. The van der Waals surface area contributed by atoms with E-state index in [1.54, 1.807) is 0 Å². The molecule has 1 fully saturated rings. The molecule has 0 spiro atoms. The van der Waals surface area contributed by atoms with E-state index in [0.29, 0.717) is 12.8 Å². The molecule has 26 heteroatoms. The van der Waals surface area contributed by atoms with Crippen molar-refractivity contribution in [2.75, 3.05) is 6.61 Å². The average Bonchev–Trinajstić information content (AvgIpc) is 2.98. The van der Waals surface area contributed by atoms with E-state index in [0.717, 1.165) is 19.3 Å². The molecule has 9 nitrogen and oxygen atoms in total. The minimum atomic E-state index is -8.47. The summed E-state index contributed by atoms with van der Waals surface area (Å²) in [7, 11) is -5.86. The molecule has 4 N–H and O–H groups in total. The van der Waals surface area contributed by atoms with Crippen LogP contribution in [0.15, 0.2) is 0 Å². The van der Waals surface area contributed by atoms with Gasteiger partial charge in [-0.2, -0.15) is 65.9 Å². The number of ether oxygens (including phenoxy) is 1. The van der Waals surface area contributed by atoms with Gasteiger partial charge in [0.2, 0.25) is 0 Å². The van der Waals surface area contributed by atoms with Gasteiger partial charge in [0.25, 0.3) is 7.82 Å². The number of phosphoric ester groups is 1. The van der Waals surface area contributed by atoms with Crippen molar-refractivity contribution < 1.29 is 139 Å². The van der Waals surface area contributed by atoms with Crippen LogP contribution in [-0.2, 0) is 18.3 Å². The monoisotopic (exact) mass is 818 g/mol. The molecule has 0 aromatic heterocycles. The van der Waals surface area contributed by atoms with Crippen LogP contribution in [0.25, 0.3) is 0 Å². The molecule has 5 unspecified atom stereocenters. The summed E-state index contributed by atoms with van der Waals surface area (Å²) in [5.74, 6) is -47.7. The summed E-state index contributed by atoms with van der Waals surface area (Å²) in [6.45, 7) is 0.541. The van der Waals surface area contributed by atoms with Crippen LogP contribution in [0.1, 0.15) is 71.1 Å². The molecule has 0 radical (unpaired) electrons. The molecule has 51 heavy (non-hydrogen) atoms. The van der Waals surface area contributed by atoms with E-state index < -0.39 is 112 Å². The second-order valence-electron chi connectivity index (χ2n) is 11.5. The molecule has 0 aromatic rings. The summed E-state index contributed by atoms with van der Waals surface area (Å²) in [5, 5.41) is 38.5. The predicted octanol–water partition coefficient (Wildman–Crippen LogP) is 2.96. The normalized spacial score (nSPS) is 24.9. The first-order chi connectivity index (χ1) is 22.4. The number of aliphatic hydroxyl groups is 4. The van der Waals surface area contributed by atoms with Crippen molar-refractivity contribution in [3.05, 3.63) is 0 Å². The summed E-state index contributed by atoms with van der Waals surface area (Å²) in [6, 6.07) is 0. The Morgan fingerprint density at radius 2 is 1.12 bits per heavy atom. The van der Waals surface area contributed by atoms with E-state index in [9.17, 15) is 95.7 Å². The Balaban J connectivity index is 0.0000250. The summed E-state index contributed by atoms with van der Waals surface area (Å²) >= 11 is 0. The third-order valence-corrected chi connectivity index (χ3v) is 8.69. The van der Waals surface area contributed by atoms with Gasteiger partial charge >= 0.3 is 71.3 Å². The van der Waals surface area contributed by atoms with Crippen molar-refractivity contribution in [3.63, 3.8) is 0 Å². The summed E-state index contributed by atoms with van der Waals surface area (Å²) in [4.78, 5) is 12.4. The Labute approximate surface area is 302 Å². The zero-order chi connectivity index (χ0) is 39.4. The maximum absolute atomic E-state index is 14.5. The maximum Gasteiger partial charge on any atom is 1.00 e. The van der Waals surface area contributed by atoms with E-state index in [4.69, 9.17) is 0 Å². The van der Waals surface area contributed by atoms with Gasteiger partial charge in [-0.3, -0.25) is 4.57 Å². The molecule has 1 rings (SSSR count). The van der Waals surface area contributed by atoms with Gasteiger partial charge in [0.15, 0.2) is 6.29 Å². The Kier molecular flexibility index (Phi) is 18.6. The molecule has 7 atom stereocenters. The van der Waals surface area contributed by atoms with Crippen LogP contribution in [0.3, 0.4) is 0 Å². The number of unbranched alkanes of at least 4 members (excludes halogenated alkanes) is 6. The smallest absolute Gasteiger partial charge is 0.756 e. The molecule has 0 bridgehead atoms. The number of halogens is 15. The van der Waals surface area contributed by atoms with Crippen LogP contribution >= 0.6 is 7.82 Å². The number of hydrogen-bond donors (Lipinski definition) is 4. The Morgan fingerprint density at radius 3 is 1.61 bits per heavy atom. The number of aliphatic hydroxyl groups excluding tert-OH is 4. The fraction of sp³-hybridized carbons (Fsp3) is 1.00. The number of hydrogen-bond acceptors (Lipinski definition) is 9. The molecule has 1 aliphatic heterocycles. The van der Waals surface area contributed by atoms with Crippen LogP contribution in [0.2, 0.25) is 0 Å². The van der Waals surface area contributed by atoms with Crippen molar-refractivity contribution in [1.29, 1.82) is 0 Å². The van der Waals surface area contributed by atoms with Crippen molar-refractivity contribution in [1.82, 2.24) is 0 Å². The van der Waals surface area contributed by atoms with Gasteiger partial charge in [-0.1, -0.05) is 51.9 Å². The molecule has 0 saturated carbocycles. The first-order valence-corrected chi connectivity index (χ1v) is 16.2. The second-order valence-corrected chi connectivity index (χ2v) is 12.9. The topological polar surface area (TPSA) is 149 Å². The SMILES string of the molecule is CCCCCCCCCC(CCC(F)(F)C(F)(F)C(F)(F)C(F)(F)C(F)(F)C(F)(F)C(F)(F)F)OP(=O)([O-])OCC1OC(O)C(O)[C@@H](O)[C@@H]1O.[Na+]. The zero-order valence-corrected chi connectivity index (χ0v) is 29.6. The molecule has 1 aliphatic rings. The van der Waals surface area contributed by atoms with Crippen molar-refractivity contribution >= 4 is 7.82 Å². The molecule has 1 saturated heterocycles. The Morgan fingerprint density at radius 1 is 0.667 bits per heavy atom. The Bertz CT molecular complexity index is 1120. The fourth-order valence-corrected chi connectivity index (χ4v) is 5.49. The summed E-state index contributed by atoms with van der Waals surface area (Å²) in [5.41, 5.74) is 0. The minimum Gasteiger partial charge on any atom is -0.756 e. The van der Waals surface area contributed by atoms with E-state index in [1.807, 2.05) is 6.92 Å². The first kappa shape index (κ1) is 50.9. The molecule has 1 heterocycles. The Hall–Kier alpha value is -0.140. The molecule has 0 aromatic carbocycles. The van der Waals surface area contributed by atoms with Crippen molar-refractivity contribution in [3.8, 4) is 0 Å². The first-order valence-electron chi connectivity index (χ1n) is 14.7. The second kappa shape index (κ2) is 18.7. The van der Waals surface area contributed by atoms with Gasteiger partial charge < -0.3 is 39.1 Å². The molecule has 300 valence electrons. The van der Waals surface area contributed by atoms with E-state index in [2.05, 4.69) is 13.8 Å². The number of phosphoric acid groups is 1. The summed E-state index contributed by atoms with van der Waals surface area (Å²) in [6.07, 6.45) is -22.4. The fourth-order valence-electron chi connectivity index (χ4n) is 4.52. The number of alkyl halides is 15. The van der Waals surface area contributed by atoms with Crippen molar-refractivity contribution in [2.45, 2.75) is 150 Å². The van der Waals surface area contributed by atoms with E-state index in [-0.39, 0.29) is 42.4 Å². The largest absolute Gasteiger partial charge is 1.00 e. The summed E-state index contributed by atoms with van der Waals surface area (Å²) < 4.78 is 229. The van der Waals surface area contributed by atoms with Crippen LogP contribution in [0.4, 0.5) is 65.9 Å². The maximum atomic E-state index is 14.5. The third-order valence-electron chi connectivity index (χ3n) is 7.66. The van der Waals surface area contributed by atoms with E-state index in [1.165, 1.54) is 0 Å². The zero-order valence-electron chi connectivity index (χ0n) is 26.7.